The van der Waals surface area contributed by atoms with E-state index >= 15 is 0 Å². The number of primary sulfonamides is 1. The monoisotopic (exact) mass is 242 g/mol. The summed E-state index contributed by atoms with van der Waals surface area (Å²) in [4.78, 5) is 0.134. The Balaban J connectivity index is 2.80. The van der Waals surface area contributed by atoms with Gasteiger partial charge in [0.15, 0.2) is 0 Å². The third-order valence-electron chi connectivity index (χ3n) is 2.58. The van der Waals surface area contributed by atoms with Gasteiger partial charge < -0.3 is 5.32 Å². The second kappa shape index (κ2) is 4.84. The van der Waals surface area contributed by atoms with Crippen LogP contribution in [-0.2, 0) is 10.0 Å². The molecule has 0 aliphatic rings. The Morgan fingerprint density at radius 3 is 2.00 bits per heavy atom. The molecular weight excluding hydrogens is 224 g/mol. The van der Waals surface area contributed by atoms with E-state index in [9.17, 15) is 8.42 Å². The predicted molar refractivity (Wildman–Crippen MR) is 65.7 cm³/mol. The first kappa shape index (κ1) is 13.0. The molecule has 0 bridgehead atoms. The van der Waals surface area contributed by atoms with E-state index in [-0.39, 0.29) is 4.90 Å². The molecule has 16 heavy (non-hydrogen) atoms. The fourth-order valence-corrected chi connectivity index (χ4v) is 1.69. The first-order valence-electron chi connectivity index (χ1n) is 5.20. The van der Waals surface area contributed by atoms with E-state index in [1.165, 1.54) is 12.1 Å². The van der Waals surface area contributed by atoms with Crippen molar-refractivity contribution >= 4 is 15.7 Å². The first-order valence-corrected chi connectivity index (χ1v) is 6.74. The van der Waals surface area contributed by atoms with E-state index in [1.54, 1.807) is 12.1 Å². The average molecular weight is 242 g/mol. The summed E-state index contributed by atoms with van der Waals surface area (Å²) in [5.74, 6) is 0.512. The average Bonchev–Trinajstić information content (AvgIpc) is 2.17. The van der Waals surface area contributed by atoms with Crippen LogP contribution in [0.15, 0.2) is 29.2 Å². The van der Waals surface area contributed by atoms with E-state index in [0.29, 0.717) is 12.0 Å². The van der Waals surface area contributed by atoms with Crippen LogP contribution in [0.4, 0.5) is 5.69 Å². The second-order valence-corrected chi connectivity index (χ2v) is 5.81. The number of nitrogens with one attached hydrogen (secondary N) is 1. The molecule has 0 spiro atoms. The topological polar surface area (TPSA) is 72.2 Å². The van der Waals surface area contributed by atoms with Gasteiger partial charge >= 0.3 is 0 Å². The maximum absolute atomic E-state index is 11.0. The zero-order valence-corrected chi connectivity index (χ0v) is 10.6. The minimum atomic E-state index is -3.59. The second-order valence-electron chi connectivity index (χ2n) is 4.25. The van der Waals surface area contributed by atoms with Gasteiger partial charge in [0.25, 0.3) is 0 Å². The van der Waals surface area contributed by atoms with E-state index in [0.717, 1.165) is 5.69 Å². The molecule has 0 aliphatic heterocycles. The fraction of sp³-hybridized carbons (Fsp3) is 0.455. The van der Waals surface area contributed by atoms with Crippen molar-refractivity contribution < 1.29 is 8.42 Å². The highest BCUT2D eigenvalue weighted by Gasteiger charge is 2.09. The zero-order valence-electron chi connectivity index (χ0n) is 9.77. The summed E-state index contributed by atoms with van der Waals surface area (Å²) < 4.78 is 22.1. The van der Waals surface area contributed by atoms with Crippen LogP contribution in [0.25, 0.3) is 0 Å². The van der Waals surface area contributed by atoms with E-state index < -0.39 is 10.0 Å². The third-order valence-corrected chi connectivity index (χ3v) is 3.51. The number of sulfonamides is 1. The lowest BCUT2D eigenvalue weighted by atomic mass is 10.1. The normalized spacial score (nSPS) is 13.8. The van der Waals surface area contributed by atoms with Gasteiger partial charge in [-0.2, -0.15) is 0 Å². The third kappa shape index (κ3) is 3.50. The molecule has 0 amide bonds. The van der Waals surface area contributed by atoms with Crippen molar-refractivity contribution in [3.05, 3.63) is 24.3 Å². The molecule has 0 heterocycles. The number of anilines is 1. The minimum Gasteiger partial charge on any atom is -0.382 e. The molecule has 0 aliphatic carbocycles. The van der Waals surface area contributed by atoms with Crippen LogP contribution in [0.2, 0.25) is 0 Å². The van der Waals surface area contributed by atoms with E-state index in [2.05, 4.69) is 26.1 Å². The molecule has 0 saturated carbocycles. The summed E-state index contributed by atoms with van der Waals surface area (Å²) in [6.07, 6.45) is 0. The van der Waals surface area contributed by atoms with Crippen molar-refractivity contribution in [3.63, 3.8) is 0 Å². The van der Waals surface area contributed by atoms with Gasteiger partial charge in [-0.15, -0.1) is 0 Å². The number of rotatable bonds is 4. The smallest absolute Gasteiger partial charge is 0.238 e. The van der Waals surface area contributed by atoms with Crippen molar-refractivity contribution in [3.8, 4) is 0 Å². The molecule has 1 atom stereocenters. The summed E-state index contributed by atoms with van der Waals surface area (Å²) in [6, 6.07) is 6.78. The van der Waals surface area contributed by atoms with Gasteiger partial charge in [0.1, 0.15) is 0 Å². The maximum Gasteiger partial charge on any atom is 0.238 e. The molecule has 4 nitrogen and oxygen atoms in total. The number of benzene rings is 1. The van der Waals surface area contributed by atoms with Crippen LogP contribution in [0.3, 0.4) is 0 Å². The molecule has 1 aromatic carbocycles. The Hall–Kier alpha value is -1.07. The quantitative estimate of drug-likeness (QED) is 0.845. The van der Waals surface area contributed by atoms with Crippen LogP contribution in [-0.4, -0.2) is 14.5 Å². The molecule has 90 valence electrons. The van der Waals surface area contributed by atoms with Gasteiger partial charge in [0.05, 0.1) is 4.90 Å². The molecule has 1 rings (SSSR count). The Labute approximate surface area is 96.9 Å². The van der Waals surface area contributed by atoms with Crippen LogP contribution in [0, 0.1) is 5.92 Å². The lowest BCUT2D eigenvalue weighted by Crippen LogP contribution is -2.21. The first-order chi connectivity index (χ1) is 7.30. The highest BCUT2D eigenvalue weighted by molar-refractivity contribution is 7.89. The Morgan fingerprint density at radius 2 is 1.62 bits per heavy atom. The molecule has 5 heteroatoms. The minimum absolute atomic E-state index is 0.134. The Bertz CT molecular complexity index is 438. The molecule has 0 radical (unpaired) electrons. The molecule has 1 unspecified atom stereocenters. The Kier molecular flexibility index (Phi) is 3.93. The number of hydrogen-bond acceptors (Lipinski definition) is 3. The molecule has 0 aromatic heterocycles. The largest absolute Gasteiger partial charge is 0.382 e. The SMILES string of the molecule is CC(C)C(C)Nc1ccc(S(N)(=O)=O)cc1. The molecular formula is C11H18N2O2S. The summed E-state index contributed by atoms with van der Waals surface area (Å²) in [5.41, 5.74) is 0.897. The lowest BCUT2D eigenvalue weighted by molar-refractivity contribution is 0.560. The van der Waals surface area contributed by atoms with Crippen LogP contribution >= 0.6 is 0 Å². The van der Waals surface area contributed by atoms with Crippen LogP contribution in [0.1, 0.15) is 20.8 Å². The van der Waals surface area contributed by atoms with Gasteiger partial charge in [-0.25, -0.2) is 13.6 Å². The fourth-order valence-electron chi connectivity index (χ4n) is 1.17. The molecule has 1 aromatic rings. The van der Waals surface area contributed by atoms with Crippen molar-refractivity contribution in [1.29, 1.82) is 0 Å². The molecule has 0 fully saturated rings. The summed E-state index contributed by atoms with van der Waals surface area (Å²) >= 11 is 0. The van der Waals surface area contributed by atoms with Crippen LogP contribution in [0.5, 0.6) is 0 Å². The Morgan fingerprint density at radius 1 is 1.12 bits per heavy atom. The van der Waals surface area contributed by atoms with E-state index in [1.807, 2.05) is 0 Å². The molecule has 3 N–H and O–H groups in total. The van der Waals surface area contributed by atoms with Gasteiger partial charge in [0, 0.05) is 11.7 Å². The van der Waals surface area contributed by atoms with Crippen molar-refractivity contribution in [2.75, 3.05) is 5.32 Å². The highest BCUT2D eigenvalue weighted by atomic mass is 32.2. The van der Waals surface area contributed by atoms with Gasteiger partial charge in [-0.05, 0) is 37.1 Å². The summed E-state index contributed by atoms with van der Waals surface area (Å²) in [6.45, 7) is 6.32. The number of hydrogen-bond donors (Lipinski definition) is 2. The van der Waals surface area contributed by atoms with Gasteiger partial charge in [-0.1, -0.05) is 13.8 Å². The highest BCUT2D eigenvalue weighted by Crippen LogP contribution is 2.15. The standard InChI is InChI=1S/C11H18N2O2S/c1-8(2)9(3)13-10-4-6-11(7-5-10)16(12,14)15/h4-9,13H,1-3H3,(H2,12,14,15). The summed E-state index contributed by atoms with van der Waals surface area (Å²) in [5, 5.41) is 8.29. The number of nitrogens with two attached hydrogens (primary N) is 1. The molecule has 0 saturated heterocycles. The zero-order chi connectivity index (χ0) is 12.3. The van der Waals surface area contributed by atoms with Gasteiger partial charge in [-0.3, -0.25) is 0 Å². The van der Waals surface area contributed by atoms with Crippen LogP contribution < -0.4 is 10.5 Å². The summed E-state index contributed by atoms with van der Waals surface area (Å²) in [7, 11) is -3.59. The van der Waals surface area contributed by atoms with Crippen molar-refractivity contribution in [1.82, 2.24) is 0 Å². The lowest BCUT2D eigenvalue weighted by Gasteiger charge is -2.18. The predicted octanol–water partition coefficient (Wildman–Crippen LogP) is 1.79. The van der Waals surface area contributed by atoms with Crippen molar-refractivity contribution in [2.45, 2.75) is 31.7 Å². The van der Waals surface area contributed by atoms with E-state index in [4.69, 9.17) is 5.14 Å². The van der Waals surface area contributed by atoms with Gasteiger partial charge in [0.2, 0.25) is 10.0 Å². The van der Waals surface area contributed by atoms with Crippen molar-refractivity contribution in [2.24, 2.45) is 11.1 Å². The maximum atomic E-state index is 11.0.